The maximum atomic E-state index is 12.2. The lowest BCUT2D eigenvalue weighted by Crippen LogP contribution is -2.19. The van der Waals surface area contributed by atoms with Gasteiger partial charge in [0, 0.05) is 12.7 Å². The molecule has 0 aliphatic carbocycles. The van der Waals surface area contributed by atoms with Crippen LogP contribution >= 0.6 is 0 Å². The van der Waals surface area contributed by atoms with Crippen molar-refractivity contribution in [3.63, 3.8) is 0 Å². The average molecular weight is 299 g/mol. The lowest BCUT2D eigenvalue weighted by atomic mass is 10.3. The van der Waals surface area contributed by atoms with Crippen LogP contribution in [-0.2, 0) is 13.1 Å². The average Bonchev–Trinajstić information content (AvgIpc) is 2.90. The van der Waals surface area contributed by atoms with Crippen molar-refractivity contribution in [3.8, 4) is 5.75 Å². The van der Waals surface area contributed by atoms with E-state index in [4.69, 9.17) is 4.74 Å². The van der Waals surface area contributed by atoms with Gasteiger partial charge in [-0.15, -0.1) is 0 Å². The van der Waals surface area contributed by atoms with Crippen LogP contribution in [-0.4, -0.2) is 22.3 Å². The fraction of sp³-hybridized carbons (Fsp3) is 0.357. The van der Waals surface area contributed by atoms with Crippen LogP contribution in [0.3, 0.4) is 0 Å². The van der Waals surface area contributed by atoms with Gasteiger partial charge in [-0.1, -0.05) is 12.1 Å². The molecule has 0 saturated heterocycles. The number of benzene rings is 1. The van der Waals surface area contributed by atoms with Gasteiger partial charge < -0.3 is 14.6 Å². The number of halogens is 3. The highest BCUT2D eigenvalue weighted by molar-refractivity contribution is 5.56. The van der Waals surface area contributed by atoms with Crippen LogP contribution < -0.4 is 10.1 Å². The fourth-order valence-electron chi connectivity index (χ4n) is 1.86. The van der Waals surface area contributed by atoms with Crippen LogP contribution in [0.15, 0.2) is 36.8 Å². The summed E-state index contributed by atoms with van der Waals surface area (Å²) in [6, 6.07) is 6.55. The summed E-state index contributed by atoms with van der Waals surface area (Å²) >= 11 is 0. The largest absolute Gasteiger partial charge is 0.482 e. The van der Waals surface area contributed by atoms with Gasteiger partial charge in [0.05, 0.1) is 24.3 Å². The highest BCUT2D eigenvalue weighted by Gasteiger charge is 2.28. The Morgan fingerprint density at radius 1 is 1.29 bits per heavy atom. The van der Waals surface area contributed by atoms with Gasteiger partial charge >= 0.3 is 6.18 Å². The molecule has 21 heavy (non-hydrogen) atoms. The second-order valence-electron chi connectivity index (χ2n) is 4.42. The van der Waals surface area contributed by atoms with Crippen LogP contribution in [0.4, 0.5) is 18.9 Å². The Kier molecular flexibility index (Phi) is 4.72. The summed E-state index contributed by atoms with van der Waals surface area (Å²) in [5.41, 5.74) is 1.47. The summed E-state index contributed by atoms with van der Waals surface area (Å²) in [4.78, 5) is 4.04. The Morgan fingerprint density at radius 3 is 2.76 bits per heavy atom. The molecule has 0 bridgehead atoms. The number of anilines is 1. The Hall–Kier alpha value is -2.18. The van der Waals surface area contributed by atoms with Crippen molar-refractivity contribution in [3.05, 3.63) is 42.5 Å². The van der Waals surface area contributed by atoms with Crippen molar-refractivity contribution in [2.75, 3.05) is 11.9 Å². The Bertz CT molecular complexity index is 581. The predicted molar refractivity (Wildman–Crippen MR) is 73.2 cm³/mol. The molecular weight excluding hydrogens is 283 g/mol. The number of aromatic nitrogens is 2. The molecule has 0 fully saturated rings. The van der Waals surface area contributed by atoms with Crippen molar-refractivity contribution in [2.45, 2.75) is 26.2 Å². The Balaban J connectivity index is 2.03. The summed E-state index contributed by atoms with van der Waals surface area (Å²) < 4.78 is 43.4. The van der Waals surface area contributed by atoms with Gasteiger partial charge in [-0.3, -0.25) is 0 Å². The number of ether oxygens (including phenoxy) is 1. The van der Waals surface area contributed by atoms with E-state index in [0.29, 0.717) is 12.2 Å². The quantitative estimate of drug-likeness (QED) is 0.888. The van der Waals surface area contributed by atoms with E-state index >= 15 is 0 Å². The van der Waals surface area contributed by atoms with E-state index in [-0.39, 0.29) is 5.75 Å². The van der Waals surface area contributed by atoms with Crippen LogP contribution in [0.2, 0.25) is 0 Å². The number of hydrogen-bond donors (Lipinski definition) is 1. The zero-order chi connectivity index (χ0) is 15.3. The number of imidazole rings is 1. The van der Waals surface area contributed by atoms with Gasteiger partial charge in [0.1, 0.15) is 5.75 Å². The summed E-state index contributed by atoms with van der Waals surface area (Å²) in [6.07, 6.45) is -0.924. The molecular formula is C14H16F3N3O. The molecule has 0 amide bonds. The minimum atomic E-state index is -4.35. The predicted octanol–water partition coefficient (Wildman–Crippen LogP) is 3.46. The Morgan fingerprint density at radius 2 is 2.05 bits per heavy atom. The topological polar surface area (TPSA) is 39.1 Å². The van der Waals surface area contributed by atoms with E-state index in [0.717, 1.165) is 12.2 Å². The molecule has 1 aromatic carbocycles. The number of hydrogen-bond acceptors (Lipinski definition) is 3. The first-order chi connectivity index (χ1) is 9.99. The van der Waals surface area contributed by atoms with Crippen molar-refractivity contribution < 1.29 is 17.9 Å². The Labute approximate surface area is 120 Å². The maximum Gasteiger partial charge on any atom is 0.422 e. The molecule has 0 radical (unpaired) electrons. The second-order valence-corrected chi connectivity index (χ2v) is 4.42. The molecule has 2 rings (SSSR count). The maximum absolute atomic E-state index is 12.2. The minimum Gasteiger partial charge on any atom is -0.482 e. The molecule has 2 aromatic rings. The van der Waals surface area contributed by atoms with E-state index in [2.05, 4.69) is 10.3 Å². The van der Waals surface area contributed by atoms with E-state index in [1.165, 1.54) is 6.07 Å². The third-order valence-corrected chi connectivity index (χ3v) is 2.88. The van der Waals surface area contributed by atoms with Crippen molar-refractivity contribution in [2.24, 2.45) is 0 Å². The standard InChI is InChI=1S/C14H16F3N3O/c1-2-20-10-18-7-11(20)8-19-12-5-3-4-6-13(12)21-9-14(15,16)17/h3-7,10,19H,2,8-9H2,1H3. The molecule has 4 nitrogen and oxygen atoms in total. The molecule has 0 aliphatic rings. The number of alkyl halides is 3. The molecule has 0 unspecified atom stereocenters. The first-order valence-electron chi connectivity index (χ1n) is 6.51. The molecule has 7 heteroatoms. The van der Waals surface area contributed by atoms with Crippen LogP contribution in [0.25, 0.3) is 0 Å². The van der Waals surface area contributed by atoms with Crippen molar-refractivity contribution >= 4 is 5.69 Å². The first kappa shape index (κ1) is 15.2. The molecule has 114 valence electrons. The second kappa shape index (κ2) is 6.51. The smallest absolute Gasteiger partial charge is 0.422 e. The first-order valence-corrected chi connectivity index (χ1v) is 6.51. The highest BCUT2D eigenvalue weighted by atomic mass is 19.4. The molecule has 0 spiro atoms. The summed E-state index contributed by atoms with van der Waals surface area (Å²) in [5, 5.41) is 3.07. The van der Waals surface area contributed by atoms with E-state index in [1.54, 1.807) is 30.7 Å². The zero-order valence-electron chi connectivity index (χ0n) is 11.5. The van der Waals surface area contributed by atoms with Gasteiger partial charge in [0.2, 0.25) is 0 Å². The van der Waals surface area contributed by atoms with E-state index < -0.39 is 12.8 Å². The number of nitrogens with one attached hydrogen (secondary N) is 1. The van der Waals surface area contributed by atoms with Gasteiger partial charge in [0.25, 0.3) is 0 Å². The zero-order valence-corrected chi connectivity index (χ0v) is 11.5. The summed E-state index contributed by atoms with van der Waals surface area (Å²) in [7, 11) is 0. The van der Waals surface area contributed by atoms with Crippen molar-refractivity contribution in [1.82, 2.24) is 9.55 Å². The van der Waals surface area contributed by atoms with Crippen LogP contribution in [0, 0.1) is 0 Å². The lowest BCUT2D eigenvalue weighted by Gasteiger charge is -2.14. The van der Waals surface area contributed by atoms with E-state index in [9.17, 15) is 13.2 Å². The van der Waals surface area contributed by atoms with Gasteiger partial charge in [0.15, 0.2) is 6.61 Å². The molecule has 0 saturated carbocycles. The van der Waals surface area contributed by atoms with Gasteiger partial charge in [-0.2, -0.15) is 13.2 Å². The SMILES string of the molecule is CCn1cncc1CNc1ccccc1OCC(F)(F)F. The van der Waals surface area contributed by atoms with Crippen LogP contribution in [0.5, 0.6) is 5.75 Å². The summed E-state index contributed by atoms with van der Waals surface area (Å²) in [6.45, 7) is 1.92. The van der Waals surface area contributed by atoms with Gasteiger partial charge in [-0.05, 0) is 19.1 Å². The number of rotatable bonds is 6. The highest BCUT2D eigenvalue weighted by Crippen LogP contribution is 2.26. The van der Waals surface area contributed by atoms with Crippen LogP contribution in [0.1, 0.15) is 12.6 Å². The van der Waals surface area contributed by atoms with E-state index in [1.807, 2.05) is 11.5 Å². The van der Waals surface area contributed by atoms with Crippen molar-refractivity contribution in [1.29, 1.82) is 0 Å². The summed E-state index contributed by atoms with van der Waals surface area (Å²) in [5.74, 6) is 0.178. The third kappa shape index (κ3) is 4.40. The molecule has 0 atom stereocenters. The van der Waals surface area contributed by atoms with Gasteiger partial charge in [-0.25, -0.2) is 4.98 Å². The molecule has 1 N–H and O–H groups in total. The molecule has 0 aliphatic heterocycles. The molecule has 1 heterocycles. The minimum absolute atomic E-state index is 0.178. The normalized spacial score (nSPS) is 11.4. The molecule has 1 aromatic heterocycles. The fourth-order valence-corrected chi connectivity index (χ4v) is 1.86. The number of aryl methyl sites for hydroxylation is 1. The number of para-hydroxylation sites is 2. The third-order valence-electron chi connectivity index (χ3n) is 2.88. The lowest BCUT2D eigenvalue weighted by molar-refractivity contribution is -0.153. The monoisotopic (exact) mass is 299 g/mol. The number of nitrogens with zero attached hydrogens (tertiary/aromatic N) is 2.